The van der Waals surface area contributed by atoms with E-state index in [-0.39, 0.29) is 5.91 Å². The average molecular weight is 381 g/mol. The molecule has 0 aliphatic carbocycles. The van der Waals surface area contributed by atoms with Crippen molar-refractivity contribution in [3.8, 4) is 0 Å². The normalized spacial score (nSPS) is 13.2. The van der Waals surface area contributed by atoms with Gasteiger partial charge in [-0.3, -0.25) is 9.78 Å². The number of hydrogen-bond acceptors (Lipinski definition) is 5. The second kappa shape index (κ2) is 7.31. The Morgan fingerprint density at radius 3 is 2.62 bits per heavy atom. The van der Waals surface area contributed by atoms with E-state index in [1.165, 1.54) is 11.1 Å². The van der Waals surface area contributed by atoms with Gasteiger partial charge in [0.05, 0.1) is 11.2 Å². The molecule has 4 aromatic rings. The Hall–Kier alpha value is -3.80. The van der Waals surface area contributed by atoms with Crippen molar-refractivity contribution < 1.29 is 4.79 Å². The smallest absolute Gasteiger partial charge is 0.274 e. The molecule has 0 bridgehead atoms. The van der Waals surface area contributed by atoms with Crippen LogP contribution in [0, 0.1) is 0 Å². The van der Waals surface area contributed by atoms with Crippen LogP contribution in [0.1, 0.15) is 21.6 Å². The SMILES string of the molecule is O=C(c1ccc(Nc2cccc3cccnc23)nn1)N1CCc2ccccc2C1. The van der Waals surface area contributed by atoms with Crippen molar-refractivity contribution in [3.63, 3.8) is 0 Å². The number of rotatable bonds is 3. The lowest BCUT2D eigenvalue weighted by molar-refractivity contribution is 0.0727. The van der Waals surface area contributed by atoms with Crippen LogP contribution in [0.4, 0.5) is 11.5 Å². The molecule has 0 saturated carbocycles. The van der Waals surface area contributed by atoms with Crippen LogP contribution in [-0.4, -0.2) is 32.5 Å². The maximum Gasteiger partial charge on any atom is 0.274 e. The van der Waals surface area contributed by atoms with Crippen molar-refractivity contribution >= 4 is 28.3 Å². The Balaban J connectivity index is 1.33. The standard InChI is InChI=1S/C23H19N5O/c29-23(28-14-12-16-5-1-2-6-18(16)15-28)20-10-11-21(27-26-20)25-19-9-3-7-17-8-4-13-24-22(17)19/h1-11,13H,12,14-15H2,(H,25,27). The molecule has 1 N–H and O–H groups in total. The van der Waals surface area contributed by atoms with Gasteiger partial charge < -0.3 is 10.2 Å². The second-order valence-electron chi connectivity index (χ2n) is 7.05. The number of nitrogens with zero attached hydrogens (tertiary/aromatic N) is 4. The van der Waals surface area contributed by atoms with Gasteiger partial charge in [-0.25, -0.2) is 0 Å². The molecule has 1 amide bonds. The zero-order valence-corrected chi connectivity index (χ0v) is 15.7. The highest BCUT2D eigenvalue weighted by Crippen LogP contribution is 2.24. The molecule has 0 spiro atoms. The monoisotopic (exact) mass is 381 g/mol. The van der Waals surface area contributed by atoms with Gasteiger partial charge >= 0.3 is 0 Å². The lowest BCUT2D eigenvalue weighted by atomic mass is 10.00. The van der Waals surface area contributed by atoms with E-state index in [0.29, 0.717) is 24.6 Å². The van der Waals surface area contributed by atoms with Crippen molar-refractivity contribution in [1.82, 2.24) is 20.1 Å². The van der Waals surface area contributed by atoms with Gasteiger partial charge in [0.2, 0.25) is 0 Å². The lowest BCUT2D eigenvalue weighted by Gasteiger charge is -2.28. The zero-order valence-electron chi connectivity index (χ0n) is 15.7. The highest BCUT2D eigenvalue weighted by atomic mass is 16.2. The fraction of sp³-hybridized carbons (Fsp3) is 0.130. The number of nitrogens with one attached hydrogen (secondary N) is 1. The molecule has 0 atom stereocenters. The number of carbonyl (C=O) groups is 1. The first-order valence-corrected chi connectivity index (χ1v) is 9.58. The molecule has 0 radical (unpaired) electrons. The van der Waals surface area contributed by atoms with Crippen molar-refractivity contribution in [2.45, 2.75) is 13.0 Å². The molecular weight excluding hydrogens is 362 g/mol. The summed E-state index contributed by atoms with van der Waals surface area (Å²) in [6.07, 6.45) is 2.63. The molecular formula is C23H19N5O. The van der Waals surface area contributed by atoms with Crippen LogP contribution < -0.4 is 5.32 Å². The molecule has 2 aromatic heterocycles. The zero-order chi connectivity index (χ0) is 19.6. The second-order valence-corrected chi connectivity index (χ2v) is 7.05. The maximum absolute atomic E-state index is 12.8. The molecule has 6 heteroatoms. The van der Waals surface area contributed by atoms with E-state index in [1.807, 2.05) is 47.4 Å². The van der Waals surface area contributed by atoms with Gasteiger partial charge in [-0.1, -0.05) is 42.5 Å². The predicted molar refractivity (Wildman–Crippen MR) is 112 cm³/mol. The van der Waals surface area contributed by atoms with Gasteiger partial charge in [-0.05, 0) is 41.8 Å². The van der Waals surface area contributed by atoms with Gasteiger partial charge in [0.1, 0.15) is 0 Å². The Morgan fingerprint density at radius 2 is 1.76 bits per heavy atom. The van der Waals surface area contributed by atoms with Crippen LogP contribution in [0.15, 0.2) is 72.9 Å². The third-order valence-corrected chi connectivity index (χ3v) is 5.20. The van der Waals surface area contributed by atoms with Crippen LogP contribution in [0.25, 0.3) is 10.9 Å². The molecule has 5 rings (SSSR count). The first-order valence-electron chi connectivity index (χ1n) is 9.58. The maximum atomic E-state index is 12.8. The van der Waals surface area contributed by atoms with E-state index in [9.17, 15) is 4.79 Å². The third-order valence-electron chi connectivity index (χ3n) is 5.20. The third kappa shape index (κ3) is 3.40. The number of aromatic nitrogens is 3. The Kier molecular flexibility index (Phi) is 4.37. The molecule has 1 aliphatic heterocycles. The Labute approximate surface area is 168 Å². The summed E-state index contributed by atoms with van der Waals surface area (Å²) in [5.74, 6) is 0.481. The van der Waals surface area contributed by atoms with E-state index in [2.05, 4.69) is 32.6 Å². The number of anilines is 2. The first kappa shape index (κ1) is 17.3. The van der Waals surface area contributed by atoms with Crippen molar-refractivity contribution in [2.24, 2.45) is 0 Å². The van der Waals surface area contributed by atoms with Crippen LogP contribution in [-0.2, 0) is 13.0 Å². The topological polar surface area (TPSA) is 71.0 Å². The van der Waals surface area contributed by atoms with Crippen molar-refractivity contribution in [2.75, 3.05) is 11.9 Å². The molecule has 29 heavy (non-hydrogen) atoms. The van der Waals surface area contributed by atoms with Gasteiger partial charge in [0.25, 0.3) is 5.91 Å². The number of carbonyl (C=O) groups excluding carboxylic acids is 1. The number of hydrogen-bond donors (Lipinski definition) is 1. The van der Waals surface area contributed by atoms with Crippen LogP contribution >= 0.6 is 0 Å². The van der Waals surface area contributed by atoms with E-state index in [4.69, 9.17) is 0 Å². The van der Waals surface area contributed by atoms with Gasteiger partial charge in [-0.15, -0.1) is 10.2 Å². The summed E-state index contributed by atoms with van der Waals surface area (Å²) in [6.45, 7) is 1.30. The minimum atomic E-state index is -0.0922. The molecule has 2 aromatic carbocycles. The number of fused-ring (bicyclic) bond motifs is 2. The Bertz CT molecular complexity index is 1180. The molecule has 1 aliphatic rings. The summed E-state index contributed by atoms with van der Waals surface area (Å²) in [7, 11) is 0. The van der Waals surface area contributed by atoms with Crippen molar-refractivity contribution in [1.29, 1.82) is 0 Å². The van der Waals surface area contributed by atoms with Crippen LogP contribution in [0.5, 0.6) is 0 Å². The molecule has 6 nitrogen and oxygen atoms in total. The first-order chi connectivity index (χ1) is 14.3. The summed E-state index contributed by atoms with van der Waals surface area (Å²) < 4.78 is 0. The average Bonchev–Trinajstić information content (AvgIpc) is 2.79. The van der Waals surface area contributed by atoms with Crippen LogP contribution in [0.2, 0.25) is 0 Å². The molecule has 3 heterocycles. The summed E-state index contributed by atoms with van der Waals surface area (Å²) >= 11 is 0. The molecule has 0 saturated heterocycles. The van der Waals surface area contributed by atoms with E-state index in [0.717, 1.165) is 23.0 Å². The highest BCUT2D eigenvalue weighted by molar-refractivity contribution is 5.93. The quantitative estimate of drug-likeness (QED) is 0.581. The highest BCUT2D eigenvalue weighted by Gasteiger charge is 2.22. The van der Waals surface area contributed by atoms with E-state index >= 15 is 0 Å². The van der Waals surface area contributed by atoms with E-state index in [1.54, 1.807) is 18.3 Å². The number of amides is 1. The Morgan fingerprint density at radius 1 is 0.897 bits per heavy atom. The number of benzene rings is 2. The van der Waals surface area contributed by atoms with Crippen molar-refractivity contribution in [3.05, 3.63) is 89.7 Å². The number of pyridine rings is 1. The summed E-state index contributed by atoms with van der Waals surface area (Å²) in [5.41, 5.74) is 4.58. The fourth-order valence-corrected chi connectivity index (χ4v) is 3.69. The van der Waals surface area contributed by atoms with Gasteiger partial charge in [0.15, 0.2) is 11.5 Å². The fourth-order valence-electron chi connectivity index (χ4n) is 3.69. The van der Waals surface area contributed by atoms with Crippen LogP contribution in [0.3, 0.4) is 0 Å². The summed E-state index contributed by atoms with van der Waals surface area (Å²) in [5, 5.41) is 12.7. The number of para-hydroxylation sites is 1. The van der Waals surface area contributed by atoms with E-state index < -0.39 is 0 Å². The minimum Gasteiger partial charge on any atom is -0.337 e. The summed E-state index contributed by atoms with van der Waals surface area (Å²) in [6, 6.07) is 21.6. The lowest BCUT2D eigenvalue weighted by Crippen LogP contribution is -2.36. The molecule has 142 valence electrons. The largest absolute Gasteiger partial charge is 0.337 e. The van der Waals surface area contributed by atoms with Gasteiger partial charge in [0, 0.05) is 24.7 Å². The molecule has 0 unspecified atom stereocenters. The molecule has 0 fully saturated rings. The predicted octanol–water partition coefficient (Wildman–Crippen LogP) is 3.97. The van der Waals surface area contributed by atoms with Gasteiger partial charge in [-0.2, -0.15) is 0 Å². The minimum absolute atomic E-state index is 0.0922. The summed E-state index contributed by atoms with van der Waals surface area (Å²) in [4.78, 5) is 19.1.